The number of para-hydroxylation sites is 2. The average Bonchev–Trinajstić information content (AvgIpc) is 3.47. The van der Waals surface area contributed by atoms with E-state index in [1.54, 1.807) is 7.11 Å². The number of methoxy groups -OCH3 is 1. The van der Waals surface area contributed by atoms with Crippen LogP contribution in [0.3, 0.4) is 0 Å². The zero-order valence-electron chi connectivity index (χ0n) is 17.1. The second kappa shape index (κ2) is 7.70. The zero-order chi connectivity index (χ0) is 20.7. The molecular formula is C21H27N5O3S. The largest absolute Gasteiger partial charge is 0.495 e. The van der Waals surface area contributed by atoms with E-state index in [1.807, 2.05) is 18.2 Å². The zero-order valence-corrected chi connectivity index (χ0v) is 18.0. The minimum atomic E-state index is -1.08. The molecular weight excluding hydrogens is 402 g/mol. The molecule has 1 atom stereocenters. The number of rotatable bonds is 6. The predicted molar refractivity (Wildman–Crippen MR) is 117 cm³/mol. The van der Waals surface area contributed by atoms with Gasteiger partial charge in [-0.1, -0.05) is 12.1 Å². The predicted octanol–water partition coefficient (Wildman–Crippen LogP) is 1.41. The molecule has 1 aromatic heterocycles. The van der Waals surface area contributed by atoms with E-state index in [0.717, 1.165) is 61.0 Å². The van der Waals surface area contributed by atoms with Crippen molar-refractivity contribution in [3.63, 3.8) is 0 Å². The summed E-state index contributed by atoms with van der Waals surface area (Å²) in [6, 6.07) is 8.08. The molecule has 5 rings (SSSR count). The van der Waals surface area contributed by atoms with Crippen LogP contribution >= 0.6 is 0 Å². The third kappa shape index (κ3) is 3.50. The first kappa shape index (κ1) is 19.6. The number of aliphatic hydroxyl groups excluding tert-OH is 1. The summed E-state index contributed by atoms with van der Waals surface area (Å²) in [5.74, 6) is 2.80. The number of anilines is 3. The molecule has 3 heterocycles. The van der Waals surface area contributed by atoms with Crippen molar-refractivity contribution < 1.29 is 14.1 Å². The lowest BCUT2D eigenvalue weighted by Gasteiger charge is -2.36. The highest BCUT2D eigenvalue weighted by Crippen LogP contribution is 2.41. The Bertz CT molecular complexity index is 973. The Morgan fingerprint density at radius 2 is 1.90 bits per heavy atom. The Kier molecular flexibility index (Phi) is 5.02. The molecule has 1 aromatic carbocycles. The SMILES string of the molecule is COc1ccccc1N1CCN(c2nc3c(c(NC4(CO)CC4)n2)S(=O)CC3)CC1. The van der Waals surface area contributed by atoms with Crippen molar-refractivity contribution in [3.05, 3.63) is 30.0 Å². The van der Waals surface area contributed by atoms with Crippen LogP contribution < -0.4 is 19.9 Å². The first-order valence-electron chi connectivity index (χ1n) is 10.4. The number of fused-ring (bicyclic) bond motifs is 1. The molecule has 30 heavy (non-hydrogen) atoms. The normalized spacial score (nSPS) is 22.0. The molecule has 8 nitrogen and oxygen atoms in total. The van der Waals surface area contributed by atoms with E-state index in [4.69, 9.17) is 14.7 Å². The van der Waals surface area contributed by atoms with Gasteiger partial charge < -0.3 is 25.0 Å². The molecule has 1 saturated heterocycles. The quantitative estimate of drug-likeness (QED) is 0.712. The van der Waals surface area contributed by atoms with E-state index in [9.17, 15) is 9.32 Å². The summed E-state index contributed by atoms with van der Waals surface area (Å²) in [6.07, 6.45) is 2.52. The van der Waals surface area contributed by atoms with Gasteiger partial charge in [0.1, 0.15) is 16.5 Å². The van der Waals surface area contributed by atoms with Gasteiger partial charge in [0.2, 0.25) is 5.95 Å². The van der Waals surface area contributed by atoms with E-state index in [-0.39, 0.29) is 12.1 Å². The van der Waals surface area contributed by atoms with Crippen molar-refractivity contribution >= 4 is 28.3 Å². The van der Waals surface area contributed by atoms with Crippen molar-refractivity contribution in [1.82, 2.24) is 9.97 Å². The van der Waals surface area contributed by atoms with Gasteiger partial charge in [0.15, 0.2) is 0 Å². The Balaban J connectivity index is 1.37. The molecule has 0 amide bonds. The molecule has 1 unspecified atom stereocenters. The lowest BCUT2D eigenvalue weighted by molar-refractivity contribution is 0.265. The van der Waals surface area contributed by atoms with Gasteiger partial charge in [-0.15, -0.1) is 0 Å². The number of nitrogens with zero attached hydrogens (tertiary/aromatic N) is 4. The second-order valence-corrected chi connectivity index (χ2v) is 9.66. The van der Waals surface area contributed by atoms with Crippen LogP contribution in [0, 0.1) is 0 Å². The summed E-state index contributed by atoms with van der Waals surface area (Å²) in [5, 5.41) is 13.1. The first-order valence-corrected chi connectivity index (χ1v) is 11.8. The van der Waals surface area contributed by atoms with Gasteiger partial charge in [-0.2, -0.15) is 4.98 Å². The number of ether oxygens (including phenoxy) is 1. The summed E-state index contributed by atoms with van der Waals surface area (Å²) in [7, 11) is 0.624. The van der Waals surface area contributed by atoms with Gasteiger partial charge in [-0.25, -0.2) is 4.98 Å². The smallest absolute Gasteiger partial charge is 0.227 e. The lowest BCUT2D eigenvalue weighted by Crippen LogP contribution is -2.47. The number of piperazine rings is 1. The lowest BCUT2D eigenvalue weighted by atomic mass is 10.2. The van der Waals surface area contributed by atoms with E-state index in [1.165, 1.54) is 0 Å². The summed E-state index contributed by atoms with van der Waals surface area (Å²) < 4.78 is 18.0. The molecule has 160 valence electrons. The van der Waals surface area contributed by atoms with Crippen LogP contribution in [-0.2, 0) is 17.2 Å². The third-order valence-corrected chi connectivity index (χ3v) is 7.66. The molecule has 1 aliphatic carbocycles. The Morgan fingerprint density at radius 1 is 1.17 bits per heavy atom. The van der Waals surface area contributed by atoms with Gasteiger partial charge in [0.25, 0.3) is 0 Å². The first-order chi connectivity index (χ1) is 14.6. The van der Waals surface area contributed by atoms with Crippen molar-refractivity contribution in [3.8, 4) is 5.75 Å². The third-order valence-electron chi connectivity index (χ3n) is 6.20. The molecule has 3 aliphatic rings. The molecule has 2 fully saturated rings. The molecule has 9 heteroatoms. The summed E-state index contributed by atoms with van der Waals surface area (Å²) >= 11 is 0. The second-order valence-electron chi connectivity index (χ2n) is 8.16. The molecule has 2 N–H and O–H groups in total. The molecule has 0 bridgehead atoms. The van der Waals surface area contributed by atoms with Crippen molar-refractivity contribution in [2.45, 2.75) is 29.7 Å². The Labute approximate surface area is 178 Å². The van der Waals surface area contributed by atoms with Gasteiger partial charge in [0, 0.05) is 38.4 Å². The summed E-state index contributed by atoms with van der Waals surface area (Å²) in [5.41, 5.74) is 1.67. The minimum Gasteiger partial charge on any atom is -0.495 e. The van der Waals surface area contributed by atoms with Crippen LogP contribution in [0.25, 0.3) is 0 Å². The number of hydrogen-bond donors (Lipinski definition) is 2. The van der Waals surface area contributed by atoms with Crippen LogP contribution in [-0.4, -0.2) is 70.5 Å². The van der Waals surface area contributed by atoms with Crippen molar-refractivity contribution in [2.75, 3.05) is 60.8 Å². The number of nitrogens with one attached hydrogen (secondary N) is 1. The number of benzene rings is 1. The topological polar surface area (TPSA) is 90.8 Å². The van der Waals surface area contributed by atoms with E-state index < -0.39 is 10.8 Å². The molecule has 1 saturated carbocycles. The monoisotopic (exact) mass is 429 g/mol. The number of hydrogen-bond acceptors (Lipinski definition) is 8. The number of aliphatic hydroxyl groups is 1. The van der Waals surface area contributed by atoms with E-state index in [0.29, 0.717) is 23.9 Å². The number of aryl methyl sites for hydroxylation is 1. The molecule has 0 spiro atoms. The summed E-state index contributed by atoms with van der Waals surface area (Å²) in [4.78, 5) is 14.8. The van der Waals surface area contributed by atoms with Gasteiger partial charge in [0.05, 0.1) is 41.4 Å². The highest BCUT2D eigenvalue weighted by atomic mass is 32.2. The Morgan fingerprint density at radius 3 is 2.60 bits per heavy atom. The number of aromatic nitrogens is 2. The molecule has 0 radical (unpaired) electrons. The summed E-state index contributed by atoms with van der Waals surface area (Å²) in [6.45, 7) is 3.34. The maximum Gasteiger partial charge on any atom is 0.227 e. The van der Waals surface area contributed by atoms with Crippen molar-refractivity contribution in [1.29, 1.82) is 0 Å². The highest BCUT2D eigenvalue weighted by Gasteiger charge is 2.44. The van der Waals surface area contributed by atoms with Gasteiger partial charge in [-0.05, 0) is 25.0 Å². The standard InChI is InChI=1S/C21H27N5O3S/c1-29-17-5-3-2-4-16(17)25-9-11-26(12-10-25)20-22-15-6-13-30(28)18(15)19(23-20)24-21(14-27)7-8-21/h2-5,27H,6-14H2,1H3,(H,22,23,24). The maximum absolute atomic E-state index is 12.5. The fourth-order valence-corrected chi connectivity index (χ4v) is 5.48. The van der Waals surface area contributed by atoms with Crippen molar-refractivity contribution in [2.24, 2.45) is 0 Å². The van der Waals surface area contributed by atoms with Gasteiger partial charge in [-0.3, -0.25) is 4.21 Å². The average molecular weight is 430 g/mol. The van der Waals surface area contributed by atoms with Crippen LogP contribution in [0.5, 0.6) is 5.75 Å². The fraction of sp³-hybridized carbons (Fsp3) is 0.524. The minimum absolute atomic E-state index is 0.0608. The van der Waals surface area contributed by atoms with Crippen LogP contribution in [0.2, 0.25) is 0 Å². The highest BCUT2D eigenvalue weighted by molar-refractivity contribution is 7.85. The maximum atomic E-state index is 12.5. The van der Waals surface area contributed by atoms with E-state index in [2.05, 4.69) is 21.2 Å². The Hall–Kier alpha value is -2.39. The fourth-order valence-electron chi connectivity index (χ4n) is 4.17. The molecule has 2 aliphatic heterocycles. The van der Waals surface area contributed by atoms with Crippen LogP contribution in [0.1, 0.15) is 18.5 Å². The van der Waals surface area contributed by atoms with E-state index >= 15 is 0 Å². The van der Waals surface area contributed by atoms with Gasteiger partial charge >= 0.3 is 0 Å². The van der Waals surface area contributed by atoms with Crippen LogP contribution in [0.15, 0.2) is 29.2 Å². The van der Waals surface area contributed by atoms with Crippen LogP contribution in [0.4, 0.5) is 17.5 Å². The molecule has 2 aromatic rings.